The van der Waals surface area contributed by atoms with Crippen LogP contribution in [0.25, 0.3) is 10.9 Å². The molecule has 0 amide bonds. The van der Waals surface area contributed by atoms with Crippen molar-refractivity contribution in [3.8, 4) is 0 Å². The number of aryl methyl sites for hydroxylation is 1. The highest BCUT2D eigenvalue weighted by Gasteiger charge is 2.04. The minimum absolute atomic E-state index is 0.152. The van der Waals surface area contributed by atoms with Crippen LogP contribution in [0.5, 0.6) is 0 Å². The third-order valence-electron chi connectivity index (χ3n) is 2.44. The number of nitrogens with one attached hydrogen (secondary N) is 1. The van der Waals surface area contributed by atoms with Crippen LogP contribution in [0.1, 0.15) is 0 Å². The Labute approximate surface area is 89.0 Å². The molecule has 0 saturated heterocycles. The van der Waals surface area contributed by atoms with Gasteiger partial charge in [-0.2, -0.15) is 0 Å². The van der Waals surface area contributed by atoms with Gasteiger partial charge in [-0.15, -0.1) is 0 Å². The lowest BCUT2D eigenvalue weighted by Crippen LogP contribution is -2.27. The number of hydrogen-bond acceptors (Lipinski definition) is 2. The Bertz CT molecular complexity index is 468. The summed E-state index contributed by atoms with van der Waals surface area (Å²) in [6.45, 7) is 0.737. The van der Waals surface area contributed by atoms with Crippen LogP contribution in [0.3, 0.4) is 0 Å². The van der Waals surface area contributed by atoms with Gasteiger partial charge >= 0.3 is 0 Å². The van der Waals surface area contributed by atoms with Gasteiger partial charge < -0.3 is 10.4 Å². The standard InChI is InChI=1S/C12H14N2O/c1-14-7-2-3-10-4-5-11(9-12(10)14)13-6-8-15/h2-5,7,9,15H,6,8H2,1H3/p+1. The normalized spacial score (nSPS) is 10.5. The number of benzene rings is 1. The van der Waals surface area contributed by atoms with Crippen molar-refractivity contribution in [3.63, 3.8) is 0 Å². The highest BCUT2D eigenvalue weighted by molar-refractivity contribution is 5.79. The second-order valence-electron chi connectivity index (χ2n) is 3.54. The van der Waals surface area contributed by atoms with E-state index in [1.807, 2.05) is 25.4 Å². The molecule has 0 spiro atoms. The number of pyridine rings is 1. The number of aliphatic hydroxyl groups is 1. The molecule has 1 aromatic heterocycles. The van der Waals surface area contributed by atoms with Gasteiger partial charge in [-0.05, 0) is 18.2 Å². The Balaban J connectivity index is 2.41. The molecule has 1 heterocycles. The summed E-state index contributed by atoms with van der Waals surface area (Å²) < 4.78 is 2.08. The van der Waals surface area contributed by atoms with Gasteiger partial charge in [0.15, 0.2) is 6.20 Å². The number of hydrogen-bond donors (Lipinski definition) is 2. The second-order valence-corrected chi connectivity index (χ2v) is 3.54. The van der Waals surface area contributed by atoms with Crippen molar-refractivity contribution in [3.05, 3.63) is 36.5 Å². The summed E-state index contributed by atoms with van der Waals surface area (Å²) in [5.41, 5.74) is 2.22. The fourth-order valence-electron chi connectivity index (χ4n) is 1.66. The summed E-state index contributed by atoms with van der Waals surface area (Å²) in [6, 6.07) is 10.3. The largest absolute Gasteiger partial charge is 0.395 e. The third-order valence-corrected chi connectivity index (χ3v) is 2.44. The zero-order chi connectivity index (χ0) is 10.7. The molecule has 0 radical (unpaired) electrons. The maximum Gasteiger partial charge on any atom is 0.214 e. The fourth-order valence-corrected chi connectivity index (χ4v) is 1.66. The molecule has 0 aliphatic heterocycles. The van der Waals surface area contributed by atoms with Crippen LogP contribution < -0.4 is 9.88 Å². The number of fused-ring (bicyclic) bond motifs is 1. The summed E-state index contributed by atoms with van der Waals surface area (Å²) in [4.78, 5) is 0. The van der Waals surface area contributed by atoms with E-state index in [0.717, 1.165) is 5.69 Å². The van der Waals surface area contributed by atoms with E-state index in [9.17, 15) is 0 Å². The van der Waals surface area contributed by atoms with E-state index >= 15 is 0 Å². The molecule has 15 heavy (non-hydrogen) atoms. The van der Waals surface area contributed by atoms with Gasteiger partial charge in [0.1, 0.15) is 7.05 Å². The molecule has 0 aliphatic carbocycles. The molecule has 0 saturated carbocycles. The Morgan fingerprint density at radius 3 is 3.00 bits per heavy atom. The lowest BCUT2D eigenvalue weighted by atomic mass is 10.2. The van der Waals surface area contributed by atoms with Crippen molar-refractivity contribution < 1.29 is 9.67 Å². The average molecular weight is 203 g/mol. The topological polar surface area (TPSA) is 36.1 Å². The predicted octanol–water partition coefficient (Wildman–Crippen LogP) is 1.07. The lowest BCUT2D eigenvalue weighted by molar-refractivity contribution is -0.644. The van der Waals surface area contributed by atoms with Crippen LogP contribution in [-0.4, -0.2) is 18.3 Å². The Morgan fingerprint density at radius 2 is 2.20 bits per heavy atom. The van der Waals surface area contributed by atoms with Crippen LogP contribution in [0.2, 0.25) is 0 Å². The van der Waals surface area contributed by atoms with Gasteiger partial charge in [0.25, 0.3) is 0 Å². The summed E-state index contributed by atoms with van der Waals surface area (Å²) in [5.74, 6) is 0. The van der Waals surface area contributed by atoms with E-state index in [2.05, 4.69) is 28.1 Å². The van der Waals surface area contributed by atoms with Gasteiger partial charge in [0, 0.05) is 29.8 Å². The molecular formula is C12H15N2O+. The maximum absolute atomic E-state index is 8.73. The third kappa shape index (κ3) is 2.07. The van der Waals surface area contributed by atoms with Crippen molar-refractivity contribution in [1.29, 1.82) is 0 Å². The van der Waals surface area contributed by atoms with Gasteiger partial charge in [-0.25, -0.2) is 4.57 Å². The highest BCUT2D eigenvalue weighted by atomic mass is 16.3. The first-order valence-corrected chi connectivity index (χ1v) is 5.04. The first kappa shape index (κ1) is 9.93. The van der Waals surface area contributed by atoms with E-state index in [1.54, 1.807) is 0 Å². The predicted molar refractivity (Wildman–Crippen MR) is 60.7 cm³/mol. The van der Waals surface area contributed by atoms with E-state index in [0.29, 0.717) is 6.54 Å². The van der Waals surface area contributed by atoms with Gasteiger partial charge in [0.05, 0.1) is 6.61 Å². The molecule has 2 aromatic rings. The molecule has 3 nitrogen and oxygen atoms in total. The zero-order valence-corrected chi connectivity index (χ0v) is 8.77. The first-order valence-electron chi connectivity index (χ1n) is 5.04. The van der Waals surface area contributed by atoms with Gasteiger partial charge in [-0.1, -0.05) is 0 Å². The van der Waals surface area contributed by atoms with Crippen LogP contribution in [0.15, 0.2) is 36.5 Å². The Hall–Kier alpha value is -1.61. The summed E-state index contributed by atoms with van der Waals surface area (Å²) >= 11 is 0. The molecule has 1 aromatic carbocycles. The van der Waals surface area contributed by atoms with Crippen LogP contribution in [-0.2, 0) is 7.05 Å². The number of aromatic nitrogens is 1. The molecule has 0 bridgehead atoms. The van der Waals surface area contributed by atoms with Crippen LogP contribution >= 0.6 is 0 Å². The van der Waals surface area contributed by atoms with E-state index < -0.39 is 0 Å². The summed E-state index contributed by atoms with van der Waals surface area (Å²) in [5, 5.41) is 13.1. The first-order chi connectivity index (χ1) is 7.31. The summed E-state index contributed by atoms with van der Waals surface area (Å²) in [6.07, 6.45) is 2.03. The molecule has 0 fully saturated rings. The van der Waals surface area contributed by atoms with E-state index in [-0.39, 0.29) is 6.61 Å². The molecule has 0 unspecified atom stereocenters. The molecule has 78 valence electrons. The van der Waals surface area contributed by atoms with Crippen LogP contribution in [0, 0.1) is 0 Å². The molecule has 0 aliphatic rings. The fraction of sp³-hybridized carbons (Fsp3) is 0.250. The maximum atomic E-state index is 8.73. The second kappa shape index (κ2) is 4.28. The van der Waals surface area contributed by atoms with Crippen molar-refractivity contribution >= 4 is 16.6 Å². The molecule has 2 rings (SSSR count). The Kier molecular flexibility index (Phi) is 2.83. The smallest absolute Gasteiger partial charge is 0.214 e. The van der Waals surface area contributed by atoms with Crippen LogP contribution in [0.4, 0.5) is 5.69 Å². The zero-order valence-electron chi connectivity index (χ0n) is 8.77. The molecule has 0 atom stereocenters. The Morgan fingerprint density at radius 1 is 1.33 bits per heavy atom. The monoisotopic (exact) mass is 203 g/mol. The quantitative estimate of drug-likeness (QED) is 0.732. The van der Waals surface area contributed by atoms with E-state index in [4.69, 9.17) is 5.11 Å². The van der Waals surface area contributed by atoms with Gasteiger partial charge in [0.2, 0.25) is 5.52 Å². The number of nitrogens with zero attached hydrogens (tertiary/aromatic N) is 1. The number of aliphatic hydroxyl groups excluding tert-OH is 1. The summed E-state index contributed by atoms with van der Waals surface area (Å²) in [7, 11) is 2.03. The highest BCUT2D eigenvalue weighted by Crippen LogP contribution is 2.15. The lowest BCUT2D eigenvalue weighted by Gasteiger charge is -2.04. The van der Waals surface area contributed by atoms with Crippen molar-refractivity contribution in [1.82, 2.24) is 0 Å². The van der Waals surface area contributed by atoms with Crippen molar-refractivity contribution in [2.24, 2.45) is 7.05 Å². The molecule has 3 heteroatoms. The van der Waals surface area contributed by atoms with Crippen molar-refractivity contribution in [2.45, 2.75) is 0 Å². The van der Waals surface area contributed by atoms with E-state index in [1.165, 1.54) is 10.9 Å². The number of rotatable bonds is 3. The minimum Gasteiger partial charge on any atom is -0.395 e. The minimum atomic E-state index is 0.152. The van der Waals surface area contributed by atoms with Gasteiger partial charge in [-0.3, -0.25) is 0 Å². The molecular weight excluding hydrogens is 188 g/mol. The average Bonchev–Trinajstić information content (AvgIpc) is 2.27. The SMILES string of the molecule is C[n+]1cccc2ccc(NCCO)cc21. The molecule has 2 N–H and O–H groups in total. The van der Waals surface area contributed by atoms with Crippen molar-refractivity contribution in [2.75, 3.05) is 18.5 Å². The number of anilines is 1.